The van der Waals surface area contributed by atoms with E-state index in [1.165, 1.54) is 7.11 Å². The Morgan fingerprint density at radius 1 is 1.47 bits per heavy atom. The van der Waals surface area contributed by atoms with E-state index in [4.69, 9.17) is 27.2 Å². The van der Waals surface area contributed by atoms with E-state index in [1.807, 2.05) is 18.2 Å². The van der Waals surface area contributed by atoms with Gasteiger partial charge in [-0.25, -0.2) is 0 Å². The van der Waals surface area contributed by atoms with E-state index in [0.29, 0.717) is 11.4 Å². The van der Waals surface area contributed by atoms with Gasteiger partial charge in [0.15, 0.2) is 6.29 Å². The minimum absolute atomic E-state index is 0.208. The normalized spacial score (nSPS) is 31.4. The van der Waals surface area contributed by atoms with Crippen molar-refractivity contribution in [1.29, 1.82) is 0 Å². The number of ether oxygens (including phenoxy) is 3. The van der Waals surface area contributed by atoms with Gasteiger partial charge in [0.25, 0.3) is 0 Å². The minimum Gasteiger partial charge on any atom is -0.385 e. The van der Waals surface area contributed by atoms with Crippen LogP contribution in [0.4, 0.5) is 0 Å². The Balaban J connectivity index is 2.00. The van der Waals surface area contributed by atoms with E-state index in [-0.39, 0.29) is 19.6 Å². The van der Waals surface area contributed by atoms with Crippen molar-refractivity contribution in [3.05, 3.63) is 34.9 Å². The largest absolute Gasteiger partial charge is 0.385 e. The fraction of sp³-hybridized carbons (Fsp3) is 0.571. The Kier molecular flexibility index (Phi) is 4.69. The van der Waals surface area contributed by atoms with Crippen molar-refractivity contribution in [2.75, 3.05) is 7.11 Å². The maximum absolute atomic E-state index is 10.1. The zero-order valence-electron chi connectivity index (χ0n) is 11.8. The van der Waals surface area contributed by atoms with Crippen LogP contribution in [0.15, 0.2) is 24.3 Å². The lowest BCUT2D eigenvalue weighted by atomic mass is 10.1. The fourth-order valence-electron chi connectivity index (χ4n) is 2.14. The molecule has 0 aliphatic carbocycles. The standard InChI is InChI=1S/C14H19ClO4/c1-3-11-13(12(16)14(17-2)19-11)18-8-9-6-4-5-7-10(9)15/h4-7,11-14,16H,3,8H2,1-2H3/t11-,12-,13+,14?/m1/s1/i1D. The van der Waals surface area contributed by atoms with Gasteiger partial charge in [-0.05, 0) is 18.1 Å². The third-order valence-corrected chi connectivity index (χ3v) is 3.57. The second-order valence-electron chi connectivity index (χ2n) is 4.42. The smallest absolute Gasteiger partial charge is 0.186 e. The molecule has 0 saturated carbocycles. The SMILES string of the molecule is [2H]CC[C@H]1OC(OC)[C@H](O)[C@H]1OCc1ccccc1Cl. The number of methoxy groups -OCH3 is 1. The number of hydrogen-bond donors (Lipinski definition) is 1. The van der Waals surface area contributed by atoms with Crippen LogP contribution in [-0.4, -0.2) is 36.8 Å². The summed E-state index contributed by atoms with van der Waals surface area (Å²) in [4.78, 5) is 0. The Labute approximate surface area is 119 Å². The highest BCUT2D eigenvalue weighted by atomic mass is 35.5. The first-order valence-corrected chi connectivity index (χ1v) is 6.55. The van der Waals surface area contributed by atoms with E-state index in [0.717, 1.165) is 5.56 Å². The van der Waals surface area contributed by atoms with Gasteiger partial charge in [-0.15, -0.1) is 0 Å². The summed E-state index contributed by atoms with van der Waals surface area (Å²) < 4.78 is 23.7. The molecule has 1 fully saturated rings. The average Bonchev–Trinajstić information content (AvgIpc) is 2.75. The van der Waals surface area contributed by atoms with E-state index in [2.05, 4.69) is 0 Å². The number of rotatable bonds is 5. The molecule has 4 atom stereocenters. The second kappa shape index (κ2) is 6.68. The van der Waals surface area contributed by atoms with Gasteiger partial charge in [0, 0.05) is 13.5 Å². The molecule has 1 unspecified atom stereocenters. The third-order valence-electron chi connectivity index (χ3n) is 3.20. The maximum Gasteiger partial charge on any atom is 0.186 e. The summed E-state index contributed by atoms with van der Waals surface area (Å²) in [5.41, 5.74) is 0.854. The van der Waals surface area contributed by atoms with Crippen molar-refractivity contribution in [3.8, 4) is 0 Å². The molecule has 1 N–H and O–H groups in total. The maximum atomic E-state index is 10.1. The molecule has 1 aliphatic heterocycles. The first-order chi connectivity index (χ1) is 9.67. The summed E-state index contributed by atoms with van der Waals surface area (Å²) in [6.45, 7) is 0.496. The zero-order chi connectivity index (χ0) is 14.5. The lowest BCUT2D eigenvalue weighted by Gasteiger charge is -2.20. The van der Waals surface area contributed by atoms with Crippen molar-refractivity contribution in [2.24, 2.45) is 0 Å². The minimum atomic E-state index is -0.862. The summed E-state index contributed by atoms with van der Waals surface area (Å²) in [5.74, 6) is 0. The molecule has 4 nitrogen and oxygen atoms in total. The predicted molar refractivity (Wildman–Crippen MR) is 72.0 cm³/mol. The van der Waals surface area contributed by atoms with E-state index in [9.17, 15) is 5.11 Å². The van der Waals surface area contributed by atoms with Crippen LogP contribution in [0.25, 0.3) is 0 Å². The Morgan fingerprint density at radius 3 is 2.95 bits per heavy atom. The van der Waals surface area contributed by atoms with Crippen LogP contribution in [0.2, 0.25) is 5.02 Å². The lowest BCUT2D eigenvalue weighted by molar-refractivity contribution is -0.148. The van der Waals surface area contributed by atoms with Crippen molar-refractivity contribution in [2.45, 2.75) is 44.5 Å². The van der Waals surface area contributed by atoms with Crippen molar-refractivity contribution >= 4 is 11.6 Å². The molecule has 1 saturated heterocycles. The van der Waals surface area contributed by atoms with Crippen LogP contribution >= 0.6 is 11.6 Å². The number of benzene rings is 1. The third kappa shape index (κ3) is 3.27. The number of aliphatic hydroxyl groups excluding tert-OH is 1. The van der Waals surface area contributed by atoms with Crippen LogP contribution in [0.1, 0.15) is 20.3 Å². The van der Waals surface area contributed by atoms with E-state index < -0.39 is 18.5 Å². The highest BCUT2D eigenvalue weighted by Gasteiger charge is 2.43. The van der Waals surface area contributed by atoms with Gasteiger partial charge in [0.1, 0.15) is 12.2 Å². The first-order valence-electron chi connectivity index (χ1n) is 6.88. The zero-order valence-corrected chi connectivity index (χ0v) is 11.5. The molecule has 106 valence electrons. The molecule has 19 heavy (non-hydrogen) atoms. The summed E-state index contributed by atoms with van der Waals surface area (Å²) in [6.07, 6.45) is -1.93. The number of aliphatic hydroxyl groups is 1. The van der Waals surface area contributed by atoms with Gasteiger partial charge in [-0.2, -0.15) is 0 Å². The molecule has 2 rings (SSSR count). The van der Waals surface area contributed by atoms with Crippen LogP contribution < -0.4 is 0 Å². The number of halogens is 1. The second-order valence-corrected chi connectivity index (χ2v) is 4.83. The monoisotopic (exact) mass is 287 g/mol. The Hall–Kier alpha value is -0.650. The molecule has 5 heteroatoms. The van der Waals surface area contributed by atoms with Crippen molar-refractivity contribution < 1.29 is 20.7 Å². The molecule has 1 aliphatic rings. The van der Waals surface area contributed by atoms with Gasteiger partial charge in [-0.3, -0.25) is 0 Å². The van der Waals surface area contributed by atoms with E-state index in [1.54, 1.807) is 6.07 Å². The molecule has 1 aromatic rings. The van der Waals surface area contributed by atoms with Gasteiger partial charge >= 0.3 is 0 Å². The van der Waals surface area contributed by atoms with Crippen molar-refractivity contribution in [3.63, 3.8) is 0 Å². The molecular formula is C14H19ClO4. The highest BCUT2D eigenvalue weighted by molar-refractivity contribution is 6.31. The average molecular weight is 288 g/mol. The predicted octanol–water partition coefficient (Wildman–Crippen LogP) is 2.37. The quantitative estimate of drug-likeness (QED) is 0.903. The molecule has 0 aromatic heterocycles. The van der Waals surface area contributed by atoms with Crippen LogP contribution in [0.5, 0.6) is 0 Å². The highest BCUT2D eigenvalue weighted by Crippen LogP contribution is 2.28. The Bertz CT molecular complexity index is 431. The topological polar surface area (TPSA) is 47.9 Å². The van der Waals surface area contributed by atoms with Crippen molar-refractivity contribution in [1.82, 2.24) is 0 Å². The van der Waals surface area contributed by atoms with E-state index >= 15 is 0 Å². The Morgan fingerprint density at radius 2 is 2.26 bits per heavy atom. The lowest BCUT2D eigenvalue weighted by Crippen LogP contribution is -2.35. The van der Waals surface area contributed by atoms with Gasteiger partial charge in [-0.1, -0.05) is 36.7 Å². The van der Waals surface area contributed by atoms with Gasteiger partial charge in [0.05, 0.1) is 12.7 Å². The molecular weight excluding hydrogens is 268 g/mol. The molecule has 1 aromatic carbocycles. The fourth-order valence-corrected chi connectivity index (χ4v) is 2.33. The number of hydrogen-bond acceptors (Lipinski definition) is 4. The molecule has 0 spiro atoms. The van der Waals surface area contributed by atoms with Crippen LogP contribution in [0.3, 0.4) is 0 Å². The van der Waals surface area contributed by atoms with Gasteiger partial charge in [0.2, 0.25) is 0 Å². The summed E-state index contributed by atoms with van der Waals surface area (Å²) >= 11 is 6.07. The molecule has 0 amide bonds. The summed E-state index contributed by atoms with van der Waals surface area (Å²) in [6, 6.07) is 7.40. The van der Waals surface area contributed by atoms with Gasteiger partial charge < -0.3 is 19.3 Å². The summed E-state index contributed by atoms with van der Waals surface area (Å²) in [5, 5.41) is 10.8. The van der Waals surface area contributed by atoms with Crippen LogP contribution in [-0.2, 0) is 20.8 Å². The molecule has 0 bridgehead atoms. The van der Waals surface area contributed by atoms with Crippen LogP contribution in [0, 0.1) is 0 Å². The first kappa shape index (κ1) is 13.3. The summed E-state index contributed by atoms with van der Waals surface area (Å²) in [7, 11) is 1.47. The molecule has 1 heterocycles. The molecule has 0 radical (unpaired) electrons.